The van der Waals surface area contributed by atoms with Gasteiger partial charge in [-0.2, -0.15) is 5.10 Å². The van der Waals surface area contributed by atoms with Crippen molar-refractivity contribution in [3.8, 4) is 5.88 Å². The fourth-order valence-electron chi connectivity index (χ4n) is 6.00. The third-order valence-electron chi connectivity index (χ3n) is 7.98. The second kappa shape index (κ2) is 11.2. The Hall–Kier alpha value is -2.55. The van der Waals surface area contributed by atoms with Gasteiger partial charge in [-0.05, 0) is 89.0 Å². The Kier molecular flexibility index (Phi) is 8.75. The lowest BCUT2D eigenvalue weighted by Crippen LogP contribution is -2.53. The second-order valence-corrected chi connectivity index (χ2v) is 11.7. The van der Waals surface area contributed by atoms with Crippen molar-refractivity contribution in [2.45, 2.75) is 91.3 Å². The zero-order valence-corrected chi connectivity index (χ0v) is 22.8. The van der Waals surface area contributed by atoms with Crippen molar-refractivity contribution in [2.24, 2.45) is 23.2 Å². The number of hydrogen-bond acceptors (Lipinski definition) is 6. The molecular formula is C27H44N4O5. The van der Waals surface area contributed by atoms with Gasteiger partial charge in [0.25, 0.3) is 5.91 Å². The normalized spacial score (nSPS) is 25.2. The molecule has 4 unspecified atom stereocenters. The van der Waals surface area contributed by atoms with Crippen molar-refractivity contribution in [3.05, 3.63) is 17.8 Å². The highest BCUT2D eigenvalue weighted by atomic mass is 16.5. The van der Waals surface area contributed by atoms with Crippen LogP contribution in [0, 0.1) is 23.2 Å². The highest BCUT2D eigenvalue weighted by Gasteiger charge is 2.53. The molecule has 2 aliphatic carbocycles. The summed E-state index contributed by atoms with van der Waals surface area (Å²) < 4.78 is 12.2. The maximum absolute atomic E-state index is 13.6. The Bertz CT molecular complexity index is 952. The Labute approximate surface area is 215 Å². The zero-order valence-electron chi connectivity index (χ0n) is 22.8. The number of alkyl carbamates (subject to hydrolysis) is 1. The standard InChI is InChI=1S/C27H44N4O5/c1-17(2)36-24-20(16-28-31(24)13-12-26(3,4)30-25(34)35-7)23(33)29-22-18(9-8-14-32)15-19-10-11-21(22)27(19,5)6/h12-13,16-19,21-22,32H,8-11,14-15H2,1-7H3,(H,29,33)(H,30,34)/b13-12+. The molecule has 2 aliphatic rings. The number of fused-ring (bicyclic) bond motifs is 2. The van der Waals surface area contributed by atoms with E-state index in [-0.39, 0.29) is 30.1 Å². The summed E-state index contributed by atoms with van der Waals surface area (Å²) in [6, 6.07) is 0.0479. The molecule has 0 radical (unpaired) electrons. The van der Waals surface area contributed by atoms with Crippen LogP contribution in [0.15, 0.2) is 12.3 Å². The predicted molar refractivity (Wildman–Crippen MR) is 139 cm³/mol. The lowest BCUT2D eigenvalue weighted by atomic mass is 9.61. The third-order valence-corrected chi connectivity index (χ3v) is 7.98. The van der Waals surface area contributed by atoms with Crippen LogP contribution in [0.2, 0.25) is 0 Å². The topological polar surface area (TPSA) is 115 Å². The first kappa shape index (κ1) is 28.0. The van der Waals surface area contributed by atoms with Crippen molar-refractivity contribution in [1.82, 2.24) is 20.4 Å². The van der Waals surface area contributed by atoms with Crippen LogP contribution in [0.3, 0.4) is 0 Å². The molecule has 1 aromatic heterocycles. The van der Waals surface area contributed by atoms with Crippen LogP contribution < -0.4 is 15.4 Å². The quantitative estimate of drug-likeness (QED) is 0.440. The lowest BCUT2D eigenvalue weighted by Gasteiger charge is -2.47. The number of carbonyl (C=O) groups excluding carboxylic acids is 2. The highest BCUT2D eigenvalue weighted by Crippen LogP contribution is 2.57. The van der Waals surface area contributed by atoms with E-state index in [1.807, 2.05) is 27.7 Å². The first-order valence-corrected chi connectivity index (χ1v) is 13.1. The summed E-state index contributed by atoms with van der Waals surface area (Å²) in [7, 11) is 1.32. The minimum Gasteiger partial charge on any atom is -0.474 e. The number of rotatable bonds is 10. The van der Waals surface area contributed by atoms with Crippen molar-refractivity contribution in [2.75, 3.05) is 13.7 Å². The number of amides is 2. The number of methoxy groups -OCH3 is 1. The van der Waals surface area contributed by atoms with Crippen molar-refractivity contribution < 1.29 is 24.2 Å². The fourth-order valence-corrected chi connectivity index (χ4v) is 6.00. The molecule has 2 saturated carbocycles. The molecule has 3 rings (SSSR count). The number of aliphatic hydroxyl groups is 1. The molecular weight excluding hydrogens is 460 g/mol. The van der Waals surface area contributed by atoms with E-state index in [4.69, 9.17) is 9.47 Å². The fraction of sp³-hybridized carbons (Fsp3) is 0.741. The van der Waals surface area contributed by atoms with E-state index in [0.29, 0.717) is 29.2 Å². The first-order chi connectivity index (χ1) is 16.9. The van der Waals surface area contributed by atoms with Crippen LogP contribution in [0.25, 0.3) is 6.20 Å². The minimum absolute atomic E-state index is 0.0479. The number of nitrogens with zero attached hydrogens (tertiary/aromatic N) is 2. The van der Waals surface area contributed by atoms with Gasteiger partial charge in [-0.15, -0.1) is 0 Å². The van der Waals surface area contributed by atoms with Crippen molar-refractivity contribution in [3.63, 3.8) is 0 Å². The van der Waals surface area contributed by atoms with E-state index in [9.17, 15) is 14.7 Å². The Balaban J connectivity index is 1.85. The zero-order chi connectivity index (χ0) is 26.7. The molecule has 202 valence electrons. The number of aromatic nitrogens is 2. The maximum atomic E-state index is 13.6. The number of ether oxygens (including phenoxy) is 2. The van der Waals surface area contributed by atoms with Crippen molar-refractivity contribution >= 4 is 18.2 Å². The smallest absolute Gasteiger partial charge is 0.407 e. The number of hydrogen-bond donors (Lipinski definition) is 3. The summed E-state index contributed by atoms with van der Waals surface area (Å²) in [5.41, 5.74) is -0.148. The van der Waals surface area contributed by atoms with Gasteiger partial charge in [0.15, 0.2) is 0 Å². The number of carbonyl (C=O) groups is 2. The summed E-state index contributed by atoms with van der Waals surface area (Å²) in [6.45, 7) is 12.3. The van der Waals surface area contributed by atoms with Gasteiger partial charge in [0, 0.05) is 18.8 Å². The molecule has 2 fully saturated rings. The van der Waals surface area contributed by atoms with Crippen molar-refractivity contribution in [1.29, 1.82) is 0 Å². The van der Waals surface area contributed by atoms with Gasteiger partial charge < -0.3 is 25.2 Å². The van der Waals surface area contributed by atoms with E-state index in [2.05, 4.69) is 29.6 Å². The monoisotopic (exact) mass is 504 g/mol. The Morgan fingerprint density at radius 1 is 1.33 bits per heavy atom. The van der Waals surface area contributed by atoms with Gasteiger partial charge in [0.1, 0.15) is 5.56 Å². The van der Waals surface area contributed by atoms with Gasteiger partial charge in [0.05, 0.1) is 24.9 Å². The summed E-state index contributed by atoms with van der Waals surface area (Å²) in [4.78, 5) is 25.3. The van der Waals surface area contributed by atoms with Gasteiger partial charge in [-0.25, -0.2) is 9.48 Å². The number of nitrogens with one attached hydrogen (secondary N) is 2. The van der Waals surface area contributed by atoms with Gasteiger partial charge in [0.2, 0.25) is 5.88 Å². The van der Waals surface area contributed by atoms with Gasteiger partial charge >= 0.3 is 6.09 Å². The molecule has 1 heterocycles. The van der Waals surface area contributed by atoms with Crippen LogP contribution in [-0.4, -0.2) is 58.3 Å². The first-order valence-electron chi connectivity index (χ1n) is 13.1. The van der Waals surface area contributed by atoms with Crippen LogP contribution in [0.1, 0.15) is 84.0 Å². The van der Waals surface area contributed by atoms with E-state index in [1.54, 1.807) is 12.3 Å². The molecule has 0 saturated heterocycles. The molecule has 9 heteroatoms. The van der Waals surface area contributed by atoms with Gasteiger partial charge in [-0.3, -0.25) is 4.79 Å². The largest absolute Gasteiger partial charge is 0.474 e. The minimum atomic E-state index is -0.705. The van der Waals surface area contributed by atoms with E-state index in [1.165, 1.54) is 24.4 Å². The van der Waals surface area contributed by atoms with E-state index < -0.39 is 11.6 Å². The lowest BCUT2D eigenvalue weighted by molar-refractivity contribution is 0.0378. The molecule has 2 amide bonds. The average molecular weight is 505 g/mol. The summed E-state index contributed by atoms with van der Waals surface area (Å²) in [5, 5.41) is 19.9. The SMILES string of the molecule is COC(=O)NC(C)(C)/C=C/n1ncc(C(=O)NC2C(CCCO)CC3CCC2C3(C)C)c1OC(C)C. The summed E-state index contributed by atoms with van der Waals surface area (Å²) >= 11 is 0. The summed E-state index contributed by atoms with van der Waals surface area (Å²) in [6.07, 6.45) is 9.31. The molecule has 2 bridgehead atoms. The Morgan fingerprint density at radius 3 is 2.69 bits per heavy atom. The number of aliphatic hydroxyl groups excluding tert-OH is 1. The second-order valence-electron chi connectivity index (χ2n) is 11.7. The molecule has 4 atom stereocenters. The molecule has 0 aromatic carbocycles. The molecule has 9 nitrogen and oxygen atoms in total. The maximum Gasteiger partial charge on any atom is 0.407 e. The average Bonchev–Trinajstić information content (AvgIpc) is 3.25. The van der Waals surface area contributed by atoms with Crippen LogP contribution in [0.4, 0.5) is 4.79 Å². The third kappa shape index (κ3) is 6.22. The Morgan fingerprint density at radius 2 is 2.06 bits per heavy atom. The molecule has 1 aromatic rings. The van der Waals surface area contributed by atoms with E-state index in [0.717, 1.165) is 25.7 Å². The van der Waals surface area contributed by atoms with Crippen LogP contribution in [-0.2, 0) is 4.74 Å². The van der Waals surface area contributed by atoms with Gasteiger partial charge in [-0.1, -0.05) is 13.8 Å². The van der Waals surface area contributed by atoms with Crippen LogP contribution in [0.5, 0.6) is 5.88 Å². The van der Waals surface area contributed by atoms with E-state index >= 15 is 0 Å². The van der Waals surface area contributed by atoms with Crippen LogP contribution >= 0.6 is 0 Å². The molecule has 0 aliphatic heterocycles. The molecule has 36 heavy (non-hydrogen) atoms. The predicted octanol–water partition coefficient (Wildman–Crippen LogP) is 4.22. The highest BCUT2D eigenvalue weighted by molar-refractivity contribution is 5.96. The molecule has 0 spiro atoms. The summed E-state index contributed by atoms with van der Waals surface area (Å²) in [5.74, 6) is 1.57. The molecule has 3 N–H and O–H groups in total.